The lowest BCUT2D eigenvalue weighted by molar-refractivity contribution is 0.0639. The predicted octanol–water partition coefficient (Wildman–Crippen LogP) is 0.566. The van der Waals surface area contributed by atoms with E-state index >= 15 is 0 Å². The summed E-state index contributed by atoms with van der Waals surface area (Å²) in [6.07, 6.45) is 1.40. The maximum absolute atomic E-state index is 12.1. The molecule has 0 saturated carbocycles. The molecule has 0 unspecified atom stereocenters. The van der Waals surface area contributed by atoms with Crippen molar-refractivity contribution in [3.05, 3.63) is 63.6 Å². The van der Waals surface area contributed by atoms with E-state index in [9.17, 15) is 14.4 Å². The van der Waals surface area contributed by atoms with Crippen LogP contribution in [0.15, 0.2) is 41.3 Å². The highest BCUT2D eigenvalue weighted by molar-refractivity contribution is 6.21. The molecule has 2 aromatic rings. The molecule has 1 aromatic carbocycles. The van der Waals surface area contributed by atoms with Gasteiger partial charge in [0.1, 0.15) is 5.69 Å². The van der Waals surface area contributed by atoms with E-state index < -0.39 is 11.8 Å². The number of aromatic amines is 1. The van der Waals surface area contributed by atoms with Crippen LogP contribution in [0.4, 0.5) is 0 Å². The molecule has 0 bridgehead atoms. The van der Waals surface area contributed by atoms with Crippen LogP contribution >= 0.6 is 0 Å². The molecule has 94 valence electrons. The van der Waals surface area contributed by atoms with E-state index in [0.29, 0.717) is 11.1 Å². The third kappa shape index (κ3) is 1.74. The van der Waals surface area contributed by atoms with E-state index in [1.54, 1.807) is 24.3 Å². The summed E-state index contributed by atoms with van der Waals surface area (Å²) in [5, 5.41) is 6.32. The smallest absolute Gasteiger partial charge is 0.261 e. The molecule has 6 heteroatoms. The fourth-order valence-electron chi connectivity index (χ4n) is 2.03. The summed E-state index contributed by atoms with van der Waals surface area (Å²) in [4.78, 5) is 36.8. The number of imide groups is 1. The fourth-order valence-corrected chi connectivity index (χ4v) is 2.03. The Morgan fingerprint density at radius 2 is 1.63 bits per heavy atom. The Balaban J connectivity index is 1.97. The monoisotopic (exact) mass is 255 g/mol. The molecule has 6 nitrogen and oxygen atoms in total. The third-order valence-corrected chi connectivity index (χ3v) is 2.98. The van der Waals surface area contributed by atoms with Crippen molar-refractivity contribution in [3.63, 3.8) is 0 Å². The molecule has 1 aliphatic heterocycles. The summed E-state index contributed by atoms with van der Waals surface area (Å²) < 4.78 is 0. The van der Waals surface area contributed by atoms with Crippen LogP contribution in [-0.2, 0) is 6.54 Å². The molecule has 2 heterocycles. The van der Waals surface area contributed by atoms with Gasteiger partial charge in [-0.2, -0.15) is 5.10 Å². The molecule has 1 aliphatic rings. The lowest BCUT2D eigenvalue weighted by atomic mass is 10.1. The molecule has 0 saturated heterocycles. The Bertz CT molecular complexity index is 701. The summed E-state index contributed by atoms with van der Waals surface area (Å²) in [7, 11) is 0. The molecule has 1 aromatic heterocycles. The van der Waals surface area contributed by atoms with Crippen molar-refractivity contribution < 1.29 is 9.59 Å². The summed E-state index contributed by atoms with van der Waals surface area (Å²) in [5.41, 5.74) is 0.548. The number of nitrogens with one attached hydrogen (secondary N) is 1. The SMILES string of the molecule is O=C1c2ccccc2C(=O)N1Cc1n[nH]ccc1=O. The lowest BCUT2D eigenvalue weighted by Crippen LogP contribution is -2.32. The highest BCUT2D eigenvalue weighted by Gasteiger charge is 2.35. The van der Waals surface area contributed by atoms with Gasteiger partial charge in [-0.05, 0) is 12.1 Å². The standard InChI is InChI=1S/C13H9N3O3/c17-11-5-6-14-15-10(11)7-16-12(18)8-3-1-2-4-9(8)13(16)19/h1-6H,7H2,(H,14,17). The van der Waals surface area contributed by atoms with Crippen LogP contribution in [0.25, 0.3) is 0 Å². The van der Waals surface area contributed by atoms with Crippen LogP contribution in [0.3, 0.4) is 0 Å². The molecule has 0 radical (unpaired) electrons. The molecule has 19 heavy (non-hydrogen) atoms. The molecular weight excluding hydrogens is 246 g/mol. The van der Waals surface area contributed by atoms with Gasteiger partial charge in [-0.25, -0.2) is 0 Å². The number of aromatic nitrogens is 2. The number of H-pyrrole nitrogens is 1. The topological polar surface area (TPSA) is 83.1 Å². The van der Waals surface area contributed by atoms with Gasteiger partial charge in [0.2, 0.25) is 5.43 Å². The van der Waals surface area contributed by atoms with E-state index in [1.165, 1.54) is 12.3 Å². The molecular formula is C13H9N3O3. The third-order valence-electron chi connectivity index (χ3n) is 2.98. The summed E-state index contributed by atoms with van der Waals surface area (Å²) in [5.74, 6) is -0.795. The lowest BCUT2D eigenvalue weighted by Gasteiger charge is -2.11. The van der Waals surface area contributed by atoms with Crippen molar-refractivity contribution in [2.75, 3.05) is 0 Å². The quantitative estimate of drug-likeness (QED) is 0.795. The number of benzene rings is 1. The largest absolute Gasteiger partial charge is 0.288 e. The van der Waals surface area contributed by atoms with Crippen molar-refractivity contribution in [2.45, 2.75) is 6.54 Å². The van der Waals surface area contributed by atoms with Gasteiger partial charge in [-0.15, -0.1) is 0 Å². The van der Waals surface area contributed by atoms with E-state index in [-0.39, 0.29) is 17.7 Å². The second kappa shape index (κ2) is 4.16. The van der Waals surface area contributed by atoms with Crippen LogP contribution < -0.4 is 5.43 Å². The number of hydrogen-bond acceptors (Lipinski definition) is 4. The van der Waals surface area contributed by atoms with Gasteiger partial charge in [0.05, 0.1) is 17.7 Å². The number of nitrogens with zero attached hydrogens (tertiary/aromatic N) is 2. The van der Waals surface area contributed by atoms with Gasteiger partial charge in [-0.3, -0.25) is 24.4 Å². The Morgan fingerprint density at radius 3 is 2.21 bits per heavy atom. The minimum absolute atomic E-state index is 0.123. The van der Waals surface area contributed by atoms with Crippen LogP contribution in [-0.4, -0.2) is 26.9 Å². The van der Waals surface area contributed by atoms with Crippen molar-refractivity contribution in [3.8, 4) is 0 Å². The van der Waals surface area contributed by atoms with Gasteiger partial charge in [0.25, 0.3) is 11.8 Å². The Hall–Kier alpha value is -2.76. The second-order valence-electron chi connectivity index (χ2n) is 4.13. The molecule has 0 atom stereocenters. The van der Waals surface area contributed by atoms with Crippen LogP contribution in [0, 0.1) is 0 Å². The van der Waals surface area contributed by atoms with E-state index in [0.717, 1.165) is 4.90 Å². The number of hydrogen-bond donors (Lipinski definition) is 1. The maximum Gasteiger partial charge on any atom is 0.261 e. The minimum Gasteiger partial charge on any atom is -0.288 e. The van der Waals surface area contributed by atoms with Gasteiger partial charge < -0.3 is 0 Å². The zero-order valence-electron chi connectivity index (χ0n) is 9.79. The number of amides is 2. The number of fused-ring (bicyclic) bond motifs is 1. The highest BCUT2D eigenvalue weighted by atomic mass is 16.2. The van der Waals surface area contributed by atoms with Crippen LogP contribution in [0.5, 0.6) is 0 Å². The van der Waals surface area contributed by atoms with Crippen molar-refractivity contribution >= 4 is 11.8 Å². The molecule has 0 spiro atoms. The summed E-state index contributed by atoms with van der Waals surface area (Å²) in [6.45, 7) is -0.123. The van der Waals surface area contributed by atoms with Gasteiger partial charge in [0.15, 0.2) is 0 Å². The maximum atomic E-state index is 12.1. The molecule has 0 aliphatic carbocycles. The molecule has 3 rings (SSSR count). The van der Waals surface area contributed by atoms with Gasteiger partial charge in [0, 0.05) is 12.3 Å². The van der Waals surface area contributed by atoms with Crippen molar-refractivity contribution in [2.24, 2.45) is 0 Å². The first kappa shape index (κ1) is 11.3. The van der Waals surface area contributed by atoms with E-state index in [4.69, 9.17) is 0 Å². The minimum atomic E-state index is -0.398. The highest BCUT2D eigenvalue weighted by Crippen LogP contribution is 2.23. The average molecular weight is 255 g/mol. The first-order valence-electron chi connectivity index (χ1n) is 5.66. The molecule has 1 N–H and O–H groups in total. The number of carbonyl (C=O) groups is 2. The normalized spacial score (nSPS) is 13.8. The predicted molar refractivity (Wildman–Crippen MR) is 65.5 cm³/mol. The van der Waals surface area contributed by atoms with Crippen LogP contribution in [0.1, 0.15) is 26.4 Å². The Morgan fingerprint density at radius 1 is 1.00 bits per heavy atom. The summed E-state index contributed by atoms with van der Waals surface area (Å²) >= 11 is 0. The average Bonchev–Trinajstić information content (AvgIpc) is 2.67. The first-order chi connectivity index (χ1) is 9.18. The van der Waals surface area contributed by atoms with Crippen LogP contribution in [0.2, 0.25) is 0 Å². The zero-order chi connectivity index (χ0) is 13.4. The van der Waals surface area contributed by atoms with Crippen molar-refractivity contribution in [1.82, 2.24) is 15.1 Å². The first-order valence-corrected chi connectivity index (χ1v) is 5.66. The van der Waals surface area contributed by atoms with Crippen molar-refractivity contribution in [1.29, 1.82) is 0 Å². The second-order valence-corrected chi connectivity index (χ2v) is 4.13. The number of rotatable bonds is 2. The Kier molecular flexibility index (Phi) is 2.49. The number of carbonyl (C=O) groups excluding carboxylic acids is 2. The Labute approximate surface area is 107 Å². The van der Waals surface area contributed by atoms with Gasteiger partial charge >= 0.3 is 0 Å². The van der Waals surface area contributed by atoms with Gasteiger partial charge in [-0.1, -0.05) is 12.1 Å². The summed E-state index contributed by atoms with van der Waals surface area (Å²) in [6, 6.07) is 7.89. The fraction of sp³-hybridized carbons (Fsp3) is 0.0769. The molecule has 0 fully saturated rings. The van der Waals surface area contributed by atoms with E-state index in [2.05, 4.69) is 10.2 Å². The zero-order valence-corrected chi connectivity index (χ0v) is 9.79. The van der Waals surface area contributed by atoms with E-state index in [1.807, 2.05) is 0 Å². The molecule has 2 amide bonds.